The van der Waals surface area contributed by atoms with Gasteiger partial charge in [0, 0.05) is 11.8 Å². The molecular formula is C10H12F3NO3S. The van der Waals surface area contributed by atoms with Crippen LogP contribution in [0.25, 0.3) is 0 Å². The Balaban J connectivity index is 2.86. The van der Waals surface area contributed by atoms with Crippen LogP contribution in [0.5, 0.6) is 5.88 Å². The summed E-state index contributed by atoms with van der Waals surface area (Å²) in [5, 5.41) is 0. The minimum Gasteiger partial charge on any atom is -0.355 e. The van der Waals surface area contributed by atoms with Crippen LogP contribution >= 0.6 is 0 Å². The number of halogens is 3. The Kier molecular flexibility index (Phi) is 4.55. The van der Waals surface area contributed by atoms with Crippen LogP contribution in [0, 0.1) is 0 Å². The number of unbranched alkanes of at least 4 members (excludes halogenated alkanes) is 1. The maximum Gasteiger partial charge on any atom is 0.534 e. The van der Waals surface area contributed by atoms with Gasteiger partial charge in [-0.25, -0.2) is 4.98 Å². The summed E-state index contributed by atoms with van der Waals surface area (Å²) in [4.78, 5) is 3.71. The molecule has 0 aliphatic heterocycles. The first-order chi connectivity index (χ1) is 8.26. The van der Waals surface area contributed by atoms with Gasteiger partial charge in [-0.2, -0.15) is 21.6 Å². The van der Waals surface area contributed by atoms with Crippen LogP contribution in [0.4, 0.5) is 13.2 Å². The lowest BCUT2D eigenvalue weighted by atomic mass is 10.2. The van der Waals surface area contributed by atoms with E-state index in [0.29, 0.717) is 12.1 Å². The van der Waals surface area contributed by atoms with Crippen LogP contribution in [-0.4, -0.2) is 18.9 Å². The fourth-order valence-electron chi connectivity index (χ4n) is 1.16. The van der Waals surface area contributed by atoms with Crippen LogP contribution < -0.4 is 4.18 Å². The number of aryl methyl sites for hydroxylation is 1. The van der Waals surface area contributed by atoms with Gasteiger partial charge < -0.3 is 4.18 Å². The highest BCUT2D eigenvalue weighted by atomic mass is 32.2. The summed E-state index contributed by atoms with van der Waals surface area (Å²) >= 11 is 0. The Hall–Kier alpha value is -1.31. The van der Waals surface area contributed by atoms with Crippen molar-refractivity contribution >= 4 is 10.1 Å². The molecule has 0 bridgehead atoms. The molecule has 1 heterocycles. The third kappa shape index (κ3) is 3.86. The van der Waals surface area contributed by atoms with Crippen molar-refractivity contribution in [3.63, 3.8) is 0 Å². The quantitative estimate of drug-likeness (QED) is 0.616. The van der Waals surface area contributed by atoms with Crippen molar-refractivity contribution in [1.29, 1.82) is 0 Å². The molecule has 0 saturated carbocycles. The van der Waals surface area contributed by atoms with Gasteiger partial charge in [0.15, 0.2) is 0 Å². The predicted molar refractivity (Wildman–Crippen MR) is 58.5 cm³/mol. The minimum absolute atomic E-state index is 0.492. The topological polar surface area (TPSA) is 56.3 Å². The first kappa shape index (κ1) is 14.7. The van der Waals surface area contributed by atoms with Gasteiger partial charge in [0.05, 0.1) is 0 Å². The first-order valence-corrected chi connectivity index (χ1v) is 6.64. The molecule has 0 atom stereocenters. The molecule has 0 radical (unpaired) electrons. The predicted octanol–water partition coefficient (Wildman–Crippen LogP) is 2.65. The summed E-state index contributed by atoms with van der Waals surface area (Å²) in [5.41, 5.74) is -4.96. The Bertz CT molecular complexity index is 499. The molecule has 0 unspecified atom stereocenters. The van der Waals surface area contributed by atoms with E-state index in [4.69, 9.17) is 0 Å². The van der Waals surface area contributed by atoms with Gasteiger partial charge in [-0.1, -0.05) is 19.4 Å². The summed E-state index contributed by atoms with van der Waals surface area (Å²) < 4.78 is 61.7. The number of rotatable bonds is 5. The first-order valence-electron chi connectivity index (χ1n) is 5.23. The molecule has 0 N–H and O–H groups in total. The Labute approximate surface area is 103 Å². The number of pyridine rings is 1. The van der Waals surface area contributed by atoms with Crippen molar-refractivity contribution in [2.75, 3.05) is 0 Å². The van der Waals surface area contributed by atoms with Gasteiger partial charge in [-0.3, -0.25) is 0 Å². The third-order valence-corrected chi connectivity index (χ3v) is 3.00. The lowest BCUT2D eigenvalue weighted by Gasteiger charge is -2.09. The molecule has 102 valence electrons. The number of nitrogens with zero attached hydrogens (tertiary/aromatic N) is 1. The molecular weight excluding hydrogens is 271 g/mol. The Morgan fingerprint density at radius 1 is 1.33 bits per heavy atom. The monoisotopic (exact) mass is 283 g/mol. The maximum absolute atomic E-state index is 12.1. The number of hydrogen-bond acceptors (Lipinski definition) is 4. The van der Waals surface area contributed by atoms with E-state index in [2.05, 4.69) is 9.17 Å². The molecule has 0 fully saturated rings. The number of alkyl halides is 3. The van der Waals surface area contributed by atoms with Crippen molar-refractivity contribution < 1.29 is 25.8 Å². The van der Waals surface area contributed by atoms with Crippen LogP contribution in [-0.2, 0) is 16.5 Å². The van der Waals surface area contributed by atoms with E-state index in [1.165, 1.54) is 6.07 Å². The lowest BCUT2D eigenvalue weighted by Crippen LogP contribution is -2.28. The Morgan fingerprint density at radius 3 is 2.56 bits per heavy atom. The zero-order valence-electron chi connectivity index (χ0n) is 9.57. The lowest BCUT2D eigenvalue weighted by molar-refractivity contribution is -0.0501. The average molecular weight is 283 g/mol. The summed E-state index contributed by atoms with van der Waals surface area (Å²) in [5.74, 6) is -0.569. The second-order valence-electron chi connectivity index (χ2n) is 3.55. The Morgan fingerprint density at radius 2 is 2.00 bits per heavy atom. The van der Waals surface area contributed by atoms with Crippen molar-refractivity contribution in [2.24, 2.45) is 0 Å². The van der Waals surface area contributed by atoms with Crippen molar-refractivity contribution in [3.8, 4) is 5.88 Å². The van der Waals surface area contributed by atoms with E-state index < -0.39 is 21.5 Å². The molecule has 1 aromatic heterocycles. The molecule has 4 nitrogen and oxygen atoms in total. The van der Waals surface area contributed by atoms with Crippen LogP contribution in [0.1, 0.15) is 25.5 Å². The van der Waals surface area contributed by atoms with Gasteiger partial charge in [0.25, 0.3) is 0 Å². The van der Waals surface area contributed by atoms with Gasteiger partial charge >= 0.3 is 15.6 Å². The van der Waals surface area contributed by atoms with E-state index in [9.17, 15) is 21.6 Å². The van der Waals surface area contributed by atoms with Gasteiger partial charge in [-0.15, -0.1) is 0 Å². The van der Waals surface area contributed by atoms with E-state index in [1.807, 2.05) is 6.92 Å². The fraction of sp³-hybridized carbons (Fsp3) is 0.500. The summed E-state index contributed by atoms with van der Waals surface area (Å²) in [6.07, 6.45) is 2.26. The normalized spacial score (nSPS) is 12.4. The van der Waals surface area contributed by atoms with Crippen LogP contribution in [0.2, 0.25) is 0 Å². The zero-order chi connectivity index (χ0) is 13.8. The second kappa shape index (κ2) is 5.55. The molecule has 0 saturated heterocycles. The van der Waals surface area contributed by atoms with Gasteiger partial charge in [-0.05, 0) is 18.9 Å². The van der Waals surface area contributed by atoms with Crippen LogP contribution in [0.3, 0.4) is 0 Å². The molecule has 0 aliphatic rings. The molecule has 8 heteroatoms. The largest absolute Gasteiger partial charge is 0.534 e. The molecule has 0 spiro atoms. The van der Waals surface area contributed by atoms with Crippen molar-refractivity contribution in [2.45, 2.75) is 31.7 Å². The highest BCUT2D eigenvalue weighted by molar-refractivity contribution is 7.87. The van der Waals surface area contributed by atoms with E-state index in [0.717, 1.165) is 18.9 Å². The molecule has 1 aromatic rings. The number of hydrogen-bond donors (Lipinski definition) is 0. The van der Waals surface area contributed by atoms with Gasteiger partial charge in [0.2, 0.25) is 5.88 Å². The van der Waals surface area contributed by atoms with E-state index >= 15 is 0 Å². The number of aromatic nitrogens is 1. The molecule has 1 rings (SSSR count). The third-order valence-electron chi connectivity index (χ3n) is 2.05. The standard InChI is InChI=1S/C10H12F3NO3S/c1-2-3-5-8-6-4-7-9(14-8)17-18(15,16)10(11,12)13/h4,6-7H,2-3,5H2,1H3. The summed E-state index contributed by atoms with van der Waals surface area (Å²) in [6.45, 7) is 1.95. The summed E-state index contributed by atoms with van der Waals surface area (Å²) in [6, 6.07) is 4.07. The van der Waals surface area contributed by atoms with Gasteiger partial charge in [0.1, 0.15) is 0 Å². The molecule has 0 aliphatic carbocycles. The fourth-order valence-corrected chi connectivity index (χ4v) is 1.57. The molecule has 18 heavy (non-hydrogen) atoms. The maximum atomic E-state index is 12.1. The molecule has 0 amide bonds. The zero-order valence-corrected chi connectivity index (χ0v) is 10.4. The minimum atomic E-state index is -5.65. The average Bonchev–Trinajstić information content (AvgIpc) is 2.24. The van der Waals surface area contributed by atoms with E-state index in [-0.39, 0.29) is 0 Å². The smallest absolute Gasteiger partial charge is 0.355 e. The highest BCUT2D eigenvalue weighted by Crippen LogP contribution is 2.26. The van der Waals surface area contributed by atoms with Crippen LogP contribution in [0.15, 0.2) is 18.2 Å². The van der Waals surface area contributed by atoms with Crippen molar-refractivity contribution in [3.05, 3.63) is 23.9 Å². The van der Waals surface area contributed by atoms with E-state index in [1.54, 1.807) is 6.07 Å². The van der Waals surface area contributed by atoms with Crippen molar-refractivity contribution in [1.82, 2.24) is 4.98 Å². The SMILES string of the molecule is CCCCc1cccc(OS(=O)(=O)C(F)(F)F)n1. The summed E-state index contributed by atoms with van der Waals surface area (Å²) in [7, 11) is -5.65. The molecule has 0 aromatic carbocycles. The second-order valence-corrected chi connectivity index (χ2v) is 5.09. The highest BCUT2D eigenvalue weighted by Gasteiger charge is 2.48.